The van der Waals surface area contributed by atoms with E-state index in [9.17, 15) is 0 Å². The highest BCUT2D eigenvalue weighted by Gasteiger charge is 1.97. The predicted octanol–water partition coefficient (Wildman–Crippen LogP) is 1.89. The lowest BCUT2D eigenvalue weighted by molar-refractivity contribution is 0.185. The van der Waals surface area contributed by atoms with E-state index in [1.54, 1.807) is 13.3 Å². The molecule has 0 spiro atoms. The van der Waals surface area contributed by atoms with Crippen LogP contribution in [0.3, 0.4) is 0 Å². The molecule has 1 aromatic carbocycles. The summed E-state index contributed by atoms with van der Waals surface area (Å²) in [7, 11) is 1.72. The first-order chi connectivity index (χ1) is 8.88. The number of methoxy groups -OCH3 is 1. The largest absolute Gasteiger partial charge is 0.380 e. The Balaban J connectivity index is 1.74. The van der Waals surface area contributed by atoms with Crippen molar-refractivity contribution in [2.24, 2.45) is 0 Å². The number of imidazole rings is 1. The van der Waals surface area contributed by atoms with Gasteiger partial charge in [-0.15, -0.1) is 0 Å². The van der Waals surface area contributed by atoms with E-state index in [1.165, 1.54) is 11.1 Å². The zero-order valence-electron chi connectivity index (χ0n) is 10.6. The normalized spacial score (nSPS) is 10.7. The SMILES string of the molecule is COCc1cccc(CNCCc2ncc[nH]2)c1. The Kier molecular flexibility index (Phi) is 4.93. The maximum atomic E-state index is 5.12. The van der Waals surface area contributed by atoms with Gasteiger partial charge in [0.05, 0.1) is 6.61 Å². The minimum absolute atomic E-state index is 0.667. The Morgan fingerprint density at radius 3 is 3.00 bits per heavy atom. The molecule has 4 nitrogen and oxygen atoms in total. The number of hydrogen-bond acceptors (Lipinski definition) is 3. The van der Waals surface area contributed by atoms with Crippen LogP contribution in [0.15, 0.2) is 36.7 Å². The lowest BCUT2D eigenvalue weighted by Crippen LogP contribution is -2.17. The summed E-state index contributed by atoms with van der Waals surface area (Å²) in [5.74, 6) is 1.02. The number of aromatic nitrogens is 2. The van der Waals surface area contributed by atoms with E-state index in [0.717, 1.165) is 25.3 Å². The van der Waals surface area contributed by atoms with Gasteiger partial charge in [-0.05, 0) is 11.1 Å². The number of benzene rings is 1. The van der Waals surface area contributed by atoms with Crippen LogP contribution in [0.1, 0.15) is 17.0 Å². The van der Waals surface area contributed by atoms with Crippen LogP contribution in [0.25, 0.3) is 0 Å². The van der Waals surface area contributed by atoms with Gasteiger partial charge in [-0.2, -0.15) is 0 Å². The molecule has 0 amide bonds. The highest BCUT2D eigenvalue weighted by Crippen LogP contribution is 2.06. The van der Waals surface area contributed by atoms with Crippen molar-refractivity contribution in [3.8, 4) is 0 Å². The molecule has 0 aliphatic carbocycles. The van der Waals surface area contributed by atoms with Gasteiger partial charge in [-0.25, -0.2) is 4.98 Å². The van der Waals surface area contributed by atoms with E-state index in [2.05, 4.69) is 39.6 Å². The maximum Gasteiger partial charge on any atom is 0.107 e. The fourth-order valence-corrected chi connectivity index (χ4v) is 1.87. The molecule has 2 aromatic rings. The minimum atomic E-state index is 0.667. The molecular formula is C14H19N3O. The van der Waals surface area contributed by atoms with Gasteiger partial charge in [-0.3, -0.25) is 0 Å². The van der Waals surface area contributed by atoms with E-state index in [4.69, 9.17) is 4.74 Å². The molecule has 18 heavy (non-hydrogen) atoms. The highest BCUT2D eigenvalue weighted by molar-refractivity contribution is 5.22. The van der Waals surface area contributed by atoms with E-state index in [0.29, 0.717) is 6.61 Å². The quantitative estimate of drug-likeness (QED) is 0.732. The predicted molar refractivity (Wildman–Crippen MR) is 71.2 cm³/mol. The van der Waals surface area contributed by atoms with Crippen LogP contribution < -0.4 is 5.32 Å². The molecule has 0 unspecified atom stereocenters. The Hall–Kier alpha value is -1.65. The Morgan fingerprint density at radius 2 is 2.22 bits per heavy atom. The molecule has 4 heteroatoms. The standard InChI is InChI=1S/C14H19N3O/c1-18-11-13-4-2-3-12(9-13)10-15-6-5-14-16-7-8-17-14/h2-4,7-9,15H,5-6,10-11H2,1H3,(H,16,17). The maximum absolute atomic E-state index is 5.12. The second-order valence-corrected chi connectivity index (χ2v) is 4.22. The second kappa shape index (κ2) is 6.93. The van der Waals surface area contributed by atoms with Crippen LogP contribution in [0.5, 0.6) is 0 Å². The van der Waals surface area contributed by atoms with Crippen molar-refractivity contribution in [2.45, 2.75) is 19.6 Å². The van der Waals surface area contributed by atoms with Gasteiger partial charge < -0.3 is 15.0 Å². The van der Waals surface area contributed by atoms with Crippen LogP contribution in [-0.2, 0) is 24.3 Å². The van der Waals surface area contributed by atoms with E-state index < -0.39 is 0 Å². The zero-order valence-corrected chi connectivity index (χ0v) is 10.6. The monoisotopic (exact) mass is 245 g/mol. The third-order valence-corrected chi connectivity index (χ3v) is 2.72. The first-order valence-electron chi connectivity index (χ1n) is 6.14. The minimum Gasteiger partial charge on any atom is -0.380 e. The molecule has 0 saturated heterocycles. The second-order valence-electron chi connectivity index (χ2n) is 4.22. The lowest BCUT2D eigenvalue weighted by atomic mass is 10.1. The first kappa shape index (κ1) is 12.8. The molecule has 0 radical (unpaired) electrons. The summed E-state index contributed by atoms with van der Waals surface area (Å²) in [4.78, 5) is 7.28. The average molecular weight is 245 g/mol. The fourth-order valence-electron chi connectivity index (χ4n) is 1.87. The van der Waals surface area contributed by atoms with Crippen LogP contribution in [0, 0.1) is 0 Å². The molecule has 0 atom stereocenters. The van der Waals surface area contributed by atoms with Crippen LogP contribution in [0.2, 0.25) is 0 Å². The Morgan fingerprint density at radius 1 is 1.33 bits per heavy atom. The molecule has 1 aromatic heterocycles. The number of ether oxygens (including phenoxy) is 1. The van der Waals surface area contributed by atoms with Crippen LogP contribution >= 0.6 is 0 Å². The number of nitrogens with zero attached hydrogens (tertiary/aromatic N) is 1. The van der Waals surface area contributed by atoms with Gasteiger partial charge in [0.15, 0.2) is 0 Å². The van der Waals surface area contributed by atoms with Crippen molar-refractivity contribution < 1.29 is 4.74 Å². The Bertz CT molecular complexity index is 454. The molecule has 1 heterocycles. The molecule has 0 saturated carbocycles. The van der Waals surface area contributed by atoms with Gasteiger partial charge in [0.25, 0.3) is 0 Å². The van der Waals surface area contributed by atoms with Crippen molar-refractivity contribution in [2.75, 3.05) is 13.7 Å². The smallest absolute Gasteiger partial charge is 0.107 e. The summed E-state index contributed by atoms with van der Waals surface area (Å²) in [5.41, 5.74) is 2.49. The van der Waals surface area contributed by atoms with Gasteiger partial charge in [0.2, 0.25) is 0 Å². The van der Waals surface area contributed by atoms with Crippen LogP contribution in [0.4, 0.5) is 0 Å². The molecule has 0 fully saturated rings. The van der Waals surface area contributed by atoms with E-state index in [1.807, 2.05) is 6.20 Å². The Labute approximate surface area is 107 Å². The number of H-pyrrole nitrogens is 1. The van der Waals surface area contributed by atoms with Gasteiger partial charge in [-0.1, -0.05) is 24.3 Å². The molecule has 0 bridgehead atoms. The number of aromatic amines is 1. The van der Waals surface area contributed by atoms with Crippen LogP contribution in [-0.4, -0.2) is 23.6 Å². The summed E-state index contributed by atoms with van der Waals surface area (Å²) in [6.07, 6.45) is 4.55. The highest BCUT2D eigenvalue weighted by atomic mass is 16.5. The van der Waals surface area contributed by atoms with E-state index >= 15 is 0 Å². The molecule has 0 aliphatic rings. The molecule has 96 valence electrons. The number of nitrogens with one attached hydrogen (secondary N) is 2. The fraction of sp³-hybridized carbons (Fsp3) is 0.357. The van der Waals surface area contributed by atoms with Gasteiger partial charge in [0.1, 0.15) is 5.82 Å². The van der Waals surface area contributed by atoms with E-state index in [-0.39, 0.29) is 0 Å². The summed E-state index contributed by atoms with van der Waals surface area (Å²) >= 11 is 0. The topological polar surface area (TPSA) is 49.9 Å². The third-order valence-electron chi connectivity index (χ3n) is 2.72. The van der Waals surface area contributed by atoms with Crippen molar-refractivity contribution in [3.05, 3.63) is 53.6 Å². The van der Waals surface area contributed by atoms with Gasteiger partial charge in [0, 0.05) is 39.0 Å². The summed E-state index contributed by atoms with van der Waals surface area (Å²) in [5, 5.41) is 3.41. The van der Waals surface area contributed by atoms with Crippen molar-refractivity contribution in [1.82, 2.24) is 15.3 Å². The third kappa shape index (κ3) is 3.98. The van der Waals surface area contributed by atoms with Gasteiger partial charge >= 0.3 is 0 Å². The van der Waals surface area contributed by atoms with Crippen molar-refractivity contribution in [3.63, 3.8) is 0 Å². The number of hydrogen-bond donors (Lipinski definition) is 2. The molecular weight excluding hydrogens is 226 g/mol. The summed E-state index contributed by atoms with van der Waals surface area (Å²) in [6, 6.07) is 8.44. The number of rotatable bonds is 7. The summed E-state index contributed by atoms with van der Waals surface area (Å²) < 4.78 is 5.12. The first-order valence-corrected chi connectivity index (χ1v) is 6.14. The zero-order chi connectivity index (χ0) is 12.6. The molecule has 2 rings (SSSR count). The van der Waals surface area contributed by atoms with Crippen molar-refractivity contribution in [1.29, 1.82) is 0 Å². The molecule has 0 aliphatic heterocycles. The average Bonchev–Trinajstić information content (AvgIpc) is 2.89. The molecule has 2 N–H and O–H groups in total. The lowest BCUT2D eigenvalue weighted by Gasteiger charge is -2.06. The van der Waals surface area contributed by atoms with Crippen molar-refractivity contribution >= 4 is 0 Å². The summed E-state index contributed by atoms with van der Waals surface area (Å²) in [6.45, 7) is 2.46.